The van der Waals surface area contributed by atoms with Crippen LogP contribution in [0.2, 0.25) is 0 Å². The van der Waals surface area contributed by atoms with Crippen LogP contribution in [-0.2, 0) is 14.3 Å². The van der Waals surface area contributed by atoms with Crippen LogP contribution in [0.1, 0.15) is 33.6 Å². The standard InChI is InChI=1S/C24H20Br2N2O8/c1-35-21-7-6-12(8-19(21)28(33)34)20(29)11-36-24(32)13-4-2-3-5-18(13)27-22(30)14-9-16(25)17(26)10-15(14)23(27)31/h2-8,14-17H,9-11H2,1H3/t14-,15-,16+,17+/m1/s1. The summed E-state index contributed by atoms with van der Waals surface area (Å²) in [5.74, 6) is -3.34. The zero-order chi connectivity index (χ0) is 26.1. The summed E-state index contributed by atoms with van der Waals surface area (Å²) in [7, 11) is 1.27. The first-order valence-electron chi connectivity index (χ1n) is 10.9. The molecular formula is C24H20Br2N2O8. The third-order valence-corrected chi connectivity index (χ3v) is 9.04. The molecule has 2 aromatic carbocycles. The molecule has 12 heteroatoms. The van der Waals surface area contributed by atoms with Crippen LogP contribution < -0.4 is 9.64 Å². The number of fused-ring (bicyclic) bond motifs is 1. The minimum Gasteiger partial charge on any atom is -0.490 e. The van der Waals surface area contributed by atoms with Crippen LogP contribution in [0.4, 0.5) is 11.4 Å². The Morgan fingerprint density at radius 3 is 2.25 bits per heavy atom. The highest BCUT2D eigenvalue weighted by atomic mass is 79.9. The van der Waals surface area contributed by atoms with Gasteiger partial charge in [0.15, 0.2) is 12.4 Å². The number of halogens is 2. The SMILES string of the molecule is COc1ccc(C(=O)COC(=O)c2ccccc2N2C(=O)[C@@H]3C[C@H](Br)[C@@H](Br)C[C@H]3C2=O)cc1[N+](=O)[O-]. The molecule has 2 amide bonds. The summed E-state index contributed by atoms with van der Waals surface area (Å²) in [6.07, 6.45) is 0.966. The van der Waals surface area contributed by atoms with E-state index in [9.17, 15) is 29.3 Å². The van der Waals surface area contributed by atoms with Gasteiger partial charge in [-0.1, -0.05) is 44.0 Å². The van der Waals surface area contributed by atoms with E-state index < -0.39 is 40.8 Å². The van der Waals surface area contributed by atoms with E-state index in [1.165, 1.54) is 31.4 Å². The third kappa shape index (κ3) is 4.79. The number of para-hydroxylation sites is 1. The summed E-state index contributed by atoms with van der Waals surface area (Å²) in [5.41, 5.74) is -0.385. The molecule has 0 radical (unpaired) electrons. The van der Waals surface area contributed by atoms with Gasteiger partial charge in [0.2, 0.25) is 17.6 Å². The minimum atomic E-state index is -0.908. The van der Waals surface area contributed by atoms with E-state index in [1.807, 2.05) is 0 Å². The lowest BCUT2D eigenvalue weighted by Gasteiger charge is -2.29. The Morgan fingerprint density at radius 2 is 1.67 bits per heavy atom. The van der Waals surface area contributed by atoms with Crippen LogP contribution in [0.5, 0.6) is 5.75 Å². The van der Waals surface area contributed by atoms with Crippen molar-refractivity contribution in [3.8, 4) is 5.75 Å². The molecule has 2 aliphatic rings. The Balaban J connectivity index is 1.52. The van der Waals surface area contributed by atoms with Crippen molar-refractivity contribution < 1.29 is 33.6 Å². The second-order valence-electron chi connectivity index (χ2n) is 8.39. The summed E-state index contributed by atoms with van der Waals surface area (Å²) in [6.45, 7) is -0.694. The van der Waals surface area contributed by atoms with Gasteiger partial charge in [0, 0.05) is 21.3 Å². The van der Waals surface area contributed by atoms with Gasteiger partial charge in [-0.25, -0.2) is 9.69 Å². The Kier molecular flexibility index (Phi) is 7.55. The highest BCUT2D eigenvalue weighted by Gasteiger charge is 2.53. The van der Waals surface area contributed by atoms with Crippen molar-refractivity contribution in [1.82, 2.24) is 0 Å². The van der Waals surface area contributed by atoms with Gasteiger partial charge < -0.3 is 9.47 Å². The minimum absolute atomic E-state index is 0.0135. The summed E-state index contributed by atoms with van der Waals surface area (Å²) in [5, 5.41) is 11.2. The van der Waals surface area contributed by atoms with Crippen LogP contribution in [0.15, 0.2) is 42.5 Å². The van der Waals surface area contributed by atoms with Crippen molar-refractivity contribution in [2.75, 3.05) is 18.6 Å². The number of hydrogen-bond acceptors (Lipinski definition) is 8. The molecule has 4 rings (SSSR count). The van der Waals surface area contributed by atoms with Crippen molar-refractivity contribution in [2.24, 2.45) is 11.8 Å². The number of Topliss-reactive ketones (excluding diaryl/α,β-unsaturated/α-hetero) is 1. The number of ether oxygens (including phenoxy) is 2. The quantitative estimate of drug-likeness (QED) is 0.113. The third-order valence-electron chi connectivity index (χ3n) is 6.31. The van der Waals surface area contributed by atoms with Crippen molar-refractivity contribution in [2.45, 2.75) is 22.5 Å². The summed E-state index contributed by atoms with van der Waals surface area (Å²) < 4.78 is 10.1. The number of esters is 1. The number of alkyl halides is 2. The maximum Gasteiger partial charge on any atom is 0.340 e. The molecule has 1 heterocycles. The molecule has 36 heavy (non-hydrogen) atoms. The predicted octanol–water partition coefficient (Wildman–Crippen LogP) is 4.07. The van der Waals surface area contributed by atoms with E-state index >= 15 is 0 Å². The lowest BCUT2D eigenvalue weighted by Crippen LogP contribution is -2.34. The number of hydrogen-bond donors (Lipinski definition) is 0. The average Bonchev–Trinajstić information content (AvgIpc) is 3.10. The number of amides is 2. The summed E-state index contributed by atoms with van der Waals surface area (Å²) in [4.78, 5) is 63.4. The van der Waals surface area contributed by atoms with Crippen molar-refractivity contribution >= 4 is 66.8 Å². The van der Waals surface area contributed by atoms with Crippen molar-refractivity contribution in [3.63, 3.8) is 0 Å². The van der Waals surface area contributed by atoms with E-state index in [4.69, 9.17) is 9.47 Å². The van der Waals surface area contributed by atoms with E-state index in [2.05, 4.69) is 31.9 Å². The largest absolute Gasteiger partial charge is 0.490 e. The van der Waals surface area contributed by atoms with Gasteiger partial charge in [0.05, 0.1) is 35.1 Å². The molecule has 0 unspecified atom stereocenters. The predicted molar refractivity (Wildman–Crippen MR) is 135 cm³/mol. The zero-order valence-corrected chi connectivity index (χ0v) is 22.1. The molecular weight excluding hydrogens is 604 g/mol. The fourth-order valence-corrected chi connectivity index (χ4v) is 5.71. The molecule has 1 saturated heterocycles. The second-order valence-corrected chi connectivity index (χ2v) is 10.7. The van der Waals surface area contributed by atoms with Gasteiger partial charge in [-0.05, 0) is 37.1 Å². The lowest BCUT2D eigenvalue weighted by molar-refractivity contribution is -0.385. The number of methoxy groups -OCH3 is 1. The molecule has 1 saturated carbocycles. The number of imide groups is 1. The maximum absolute atomic E-state index is 13.2. The number of nitro benzene ring substituents is 1. The normalized spacial score (nSPS) is 23.2. The van der Waals surface area contributed by atoms with Gasteiger partial charge in [0.25, 0.3) is 0 Å². The first kappa shape index (κ1) is 26.0. The van der Waals surface area contributed by atoms with Crippen LogP contribution >= 0.6 is 31.9 Å². The Morgan fingerprint density at radius 1 is 1.06 bits per heavy atom. The van der Waals surface area contributed by atoms with Crippen LogP contribution in [0.25, 0.3) is 0 Å². The van der Waals surface area contributed by atoms with E-state index in [-0.39, 0.29) is 44.0 Å². The molecule has 0 aromatic heterocycles. The molecule has 1 aliphatic carbocycles. The number of anilines is 1. The highest BCUT2D eigenvalue weighted by Crippen LogP contribution is 2.45. The lowest BCUT2D eigenvalue weighted by atomic mass is 9.81. The highest BCUT2D eigenvalue weighted by molar-refractivity contribution is 9.12. The monoisotopic (exact) mass is 622 g/mol. The number of nitrogens with zero attached hydrogens (tertiary/aromatic N) is 2. The van der Waals surface area contributed by atoms with E-state index in [0.717, 1.165) is 11.0 Å². The first-order valence-corrected chi connectivity index (χ1v) is 12.7. The van der Waals surface area contributed by atoms with Gasteiger partial charge in [-0.15, -0.1) is 0 Å². The molecule has 4 atom stereocenters. The van der Waals surface area contributed by atoms with E-state index in [0.29, 0.717) is 12.8 Å². The number of carbonyl (C=O) groups excluding carboxylic acids is 4. The molecule has 1 aliphatic heterocycles. The molecule has 2 aromatic rings. The first-order chi connectivity index (χ1) is 17.1. The van der Waals surface area contributed by atoms with Crippen LogP contribution in [-0.4, -0.2) is 51.9 Å². The number of rotatable bonds is 7. The molecule has 0 bridgehead atoms. The van der Waals surface area contributed by atoms with E-state index in [1.54, 1.807) is 12.1 Å². The topological polar surface area (TPSA) is 133 Å². The molecule has 0 spiro atoms. The molecule has 2 fully saturated rings. The Hall–Kier alpha value is -3.12. The van der Waals surface area contributed by atoms with Gasteiger partial charge in [0.1, 0.15) is 0 Å². The Bertz CT molecular complexity index is 1240. The smallest absolute Gasteiger partial charge is 0.340 e. The van der Waals surface area contributed by atoms with Crippen LogP contribution in [0, 0.1) is 22.0 Å². The van der Waals surface area contributed by atoms with Gasteiger partial charge in [-0.2, -0.15) is 0 Å². The van der Waals surface area contributed by atoms with Gasteiger partial charge in [-0.3, -0.25) is 24.5 Å². The van der Waals surface area contributed by atoms with Crippen molar-refractivity contribution in [3.05, 3.63) is 63.7 Å². The summed E-state index contributed by atoms with van der Waals surface area (Å²) >= 11 is 7.09. The Labute approximate surface area is 222 Å². The van der Waals surface area contributed by atoms with Gasteiger partial charge >= 0.3 is 11.7 Å². The number of nitro groups is 1. The van der Waals surface area contributed by atoms with Crippen LogP contribution in [0.3, 0.4) is 0 Å². The molecule has 0 N–H and O–H groups in total. The summed E-state index contributed by atoms with van der Waals surface area (Å²) in [6, 6.07) is 9.68. The fraction of sp³-hybridized carbons (Fsp3) is 0.333. The maximum atomic E-state index is 13.2. The molecule has 188 valence electrons. The molecule has 10 nitrogen and oxygen atoms in total. The number of benzene rings is 2. The van der Waals surface area contributed by atoms with Crippen molar-refractivity contribution in [1.29, 1.82) is 0 Å². The second kappa shape index (κ2) is 10.5. The average molecular weight is 624 g/mol. The number of carbonyl (C=O) groups is 4. The fourth-order valence-electron chi connectivity index (χ4n) is 4.47. The zero-order valence-electron chi connectivity index (χ0n) is 18.9. The number of ketones is 1.